The molecule has 4 aliphatic heterocycles. The summed E-state index contributed by atoms with van der Waals surface area (Å²) in [6.07, 6.45) is 1.98. The zero-order valence-corrected chi connectivity index (χ0v) is 13.6. The van der Waals surface area contributed by atoms with E-state index in [-0.39, 0.29) is 11.7 Å². The van der Waals surface area contributed by atoms with Crippen molar-refractivity contribution >= 4 is 23.3 Å². The molecular formula is C17H18N2O3S. The van der Waals surface area contributed by atoms with E-state index in [0.29, 0.717) is 18.3 Å². The number of anilines is 1. The van der Waals surface area contributed by atoms with Crippen LogP contribution in [0.4, 0.5) is 10.7 Å². The molecule has 23 heavy (non-hydrogen) atoms. The molecule has 6 heteroatoms. The molecule has 2 aromatic rings. The normalized spacial score (nSPS) is 32.7. The molecule has 6 rings (SSSR count). The van der Waals surface area contributed by atoms with Crippen molar-refractivity contribution < 1.29 is 13.9 Å². The van der Waals surface area contributed by atoms with Gasteiger partial charge < -0.3 is 9.15 Å². The molecule has 5 nitrogen and oxygen atoms in total. The van der Waals surface area contributed by atoms with Gasteiger partial charge in [-0.3, -0.25) is 4.90 Å². The van der Waals surface area contributed by atoms with Crippen LogP contribution in [-0.4, -0.2) is 42.8 Å². The maximum absolute atomic E-state index is 12.4. The van der Waals surface area contributed by atoms with Crippen molar-refractivity contribution in [3.8, 4) is 10.6 Å². The monoisotopic (exact) mass is 330 g/mol. The molecule has 1 atom stereocenters. The third kappa shape index (κ3) is 2.05. The van der Waals surface area contributed by atoms with Gasteiger partial charge in [-0.05, 0) is 43.4 Å². The Kier molecular flexibility index (Phi) is 2.87. The third-order valence-corrected chi connectivity index (χ3v) is 6.27. The second-order valence-electron chi connectivity index (χ2n) is 6.68. The number of amides is 1. The number of piperidine rings is 3. The molecule has 0 saturated carbocycles. The highest BCUT2D eigenvalue weighted by atomic mass is 32.1. The van der Waals surface area contributed by atoms with Crippen LogP contribution in [0.3, 0.4) is 0 Å². The summed E-state index contributed by atoms with van der Waals surface area (Å²) < 4.78 is 11.8. The van der Waals surface area contributed by atoms with E-state index >= 15 is 0 Å². The lowest BCUT2D eigenvalue weighted by Gasteiger charge is -2.49. The summed E-state index contributed by atoms with van der Waals surface area (Å²) in [5.74, 6) is 1.87. The van der Waals surface area contributed by atoms with Crippen LogP contribution in [0.5, 0.6) is 0 Å². The predicted octanol–water partition coefficient (Wildman–Crippen LogP) is 3.43. The van der Waals surface area contributed by atoms with Gasteiger partial charge in [-0.2, -0.15) is 0 Å². The molecular weight excluding hydrogens is 312 g/mol. The Balaban J connectivity index is 1.43. The lowest BCUT2D eigenvalue weighted by atomic mass is 9.75. The van der Waals surface area contributed by atoms with Crippen molar-refractivity contribution in [1.82, 2.24) is 4.90 Å². The Morgan fingerprint density at radius 1 is 1.17 bits per heavy atom. The Morgan fingerprint density at radius 2 is 2.04 bits per heavy atom. The smallest absolute Gasteiger partial charge is 0.417 e. The van der Waals surface area contributed by atoms with E-state index in [1.165, 1.54) is 0 Å². The zero-order chi connectivity index (χ0) is 15.4. The van der Waals surface area contributed by atoms with Crippen LogP contribution in [-0.2, 0) is 4.74 Å². The quantitative estimate of drug-likeness (QED) is 0.846. The largest absolute Gasteiger partial charge is 0.439 e. The van der Waals surface area contributed by atoms with Gasteiger partial charge in [-0.15, -0.1) is 11.3 Å². The Hall–Kier alpha value is -1.79. The maximum Gasteiger partial charge on any atom is 0.417 e. The molecule has 2 bridgehead atoms. The molecule has 1 spiro atoms. The minimum absolute atomic E-state index is 0.272. The Labute approximate surface area is 138 Å². The number of thiophene rings is 1. The number of fused-ring (bicyclic) bond motifs is 2. The number of furan rings is 1. The van der Waals surface area contributed by atoms with Gasteiger partial charge in [0.1, 0.15) is 11.4 Å². The van der Waals surface area contributed by atoms with Crippen LogP contribution >= 0.6 is 11.3 Å². The molecule has 0 N–H and O–H groups in total. The fraction of sp³-hybridized carbons (Fsp3) is 0.471. The van der Waals surface area contributed by atoms with E-state index in [2.05, 4.69) is 4.90 Å². The van der Waals surface area contributed by atoms with Crippen molar-refractivity contribution in [2.24, 2.45) is 5.92 Å². The SMILES string of the molecule is O=C1OC2(CN3CCC2CC3)CN1c1ccc(-c2cccs2)o1. The molecule has 0 radical (unpaired) electrons. The van der Waals surface area contributed by atoms with Crippen LogP contribution < -0.4 is 4.90 Å². The lowest BCUT2D eigenvalue weighted by Crippen LogP contribution is -2.61. The first-order chi connectivity index (χ1) is 11.2. The molecule has 0 aromatic carbocycles. The molecule has 1 unspecified atom stereocenters. The maximum atomic E-state index is 12.4. The molecule has 0 aliphatic carbocycles. The highest BCUT2D eigenvalue weighted by molar-refractivity contribution is 7.13. The van der Waals surface area contributed by atoms with Crippen LogP contribution in [0, 0.1) is 5.92 Å². The second-order valence-corrected chi connectivity index (χ2v) is 7.63. The molecule has 6 heterocycles. The molecule has 4 saturated heterocycles. The predicted molar refractivity (Wildman–Crippen MR) is 87.7 cm³/mol. The topological polar surface area (TPSA) is 45.9 Å². The summed E-state index contributed by atoms with van der Waals surface area (Å²) in [6, 6.07) is 7.81. The third-order valence-electron chi connectivity index (χ3n) is 5.38. The van der Waals surface area contributed by atoms with E-state index in [1.807, 2.05) is 29.6 Å². The van der Waals surface area contributed by atoms with E-state index in [4.69, 9.17) is 9.15 Å². The number of hydrogen-bond donors (Lipinski definition) is 0. The number of rotatable bonds is 2. The van der Waals surface area contributed by atoms with Gasteiger partial charge >= 0.3 is 6.09 Å². The van der Waals surface area contributed by atoms with Crippen molar-refractivity contribution in [3.05, 3.63) is 29.6 Å². The molecule has 4 aliphatic rings. The Morgan fingerprint density at radius 3 is 2.74 bits per heavy atom. The molecule has 1 amide bonds. The summed E-state index contributed by atoms with van der Waals surface area (Å²) >= 11 is 1.63. The lowest BCUT2D eigenvalue weighted by molar-refractivity contribution is -0.0881. The molecule has 2 aromatic heterocycles. The van der Waals surface area contributed by atoms with E-state index in [9.17, 15) is 4.79 Å². The van der Waals surface area contributed by atoms with Crippen LogP contribution in [0.1, 0.15) is 12.8 Å². The van der Waals surface area contributed by atoms with Crippen LogP contribution in [0.15, 0.2) is 34.1 Å². The minimum atomic E-state index is -0.344. The highest BCUT2D eigenvalue weighted by Gasteiger charge is 2.56. The van der Waals surface area contributed by atoms with Crippen molar-refractivity contribution in [3.63, 3.8) is 0 Å². The van der Waals surface area contributed by atoms with Crippen LogP contribution in [0.2, 0.25) is 0 Å². The first-order valence-corrected chi connectivity index (χ1v) is 8.98. The standard InChI is InChI=1S/C17H18N2O3S/c20-16-19(15-4-3-13(21-15)14-2-1-9-23-14)11-17(22-16)10-18-7-5-12(17)6-8-18/h1-4,9,12H,5-8,10-11H2. The summed E-state index contributed by atoms with van der Waals surface area (Å²) in [5.41, 5.74) is -0.344. The van der Waals surface area contributed by atoms with Gasteiger partial charge in [0.05, 0.1) is 11.4 Å². The van der Waals surface area contributed by atoms with E-state index in [0.717, 1.165) is 43.1 Å². The summed E-state index contributed by atoms with van der Waals surface area (Å²) in [5, 5.41) is 2.02. The van der Waals surface area contributed by atoms with Gasteiger partial charge in [0.2, 0.25) is 5.88 Å². The number of nitrogens with zero attached hydrogens (tertiary/aromatic N) is 2. The van der Waals surface area contributed by atoms with E-state index in [1.54, 1.807) is 16.2 Å². The number of hydrogen-bond acceptors (Lipinski definition) is 5. The van der Waals surface area contributed by atoms with Gasteiger partial charge in [0.15, 0.2) is 0 Å². The van der Waals surface area contributed by atoms with Crippen molar-refractivity contribution in [2.45, 2.75) is 18.4 Å². The van der Waals surface area contributed by atoms with Gasteiger partial charge in [-0.1, -0.05) is 6.07 Å². The summed E-state index contributed by atoms with van der Waals surface area (Å²) in [6.45, 7) is 3.73. The average Bonchev–Trinajstić information content (AvgIpc) is 3.28. The number of carbonyl (C=O) groups is 1. The Bertz CT molecular complexity index is 733. The van der Waals surface area contributed by atoms with E-state index < -0.39 is 0 Å². The second kappa shape index (κ2) is 4.85. The fourth-order valence-corrected chi connectivity index (χ4v) is 4.89. The summed E-state index contributed by atoms with van der Waals surface area (Å²) in [4.78, 5) is 17.6. The average molecular weight is 330 g/mol. The minimum Gasteiger partial charge on any atom is -0.439 e. The fourth-order valence-electron chi connectivity index (χ4n) is 4.20. The molecule has 4 fully saturated rings. The zero-order valence-electron chi connectivity index (χ0n) is 12.7. The molecule has 120 valence electrons. The first-order valence-electron chi connectivity index (χ1n) is 8.10. The van der Waals surface area contributed by atoms with Gasteiger partial charge in [0.25, 0.3) is 0 Å². The number of ether oxygens (including phenoxy) is 1. The van der Waals surface area contributed by atoms with Crippen molar-refractivity contribution in [1.29, 1.82) is 0 Å². The van der Waals surface area contributed by atoms with Gasteiger partial charge in [0, 0.05) is 18.5 Å². The van der Waals surface area contributed by atoms with Crippen molar-refractivity contribution in [2.75, 3.05) is 31.1 Å². The first kappa shape index (κ1) is 13.6. The highest BCUT2D eigenvalue weighted by Crippen LogP contribution is 2.44. The number of carbonyl (C=O) groups excluding carboxylic acids is 1. The summed E-state index contributed by atoms with van der Waals surface area (Å²) in [7, 11) is 0. The van der Waals surface area contributed by atoms with Gasteiger partial charge in [-0.25, -0.2) is 9.69 Å². The van der Waals surface area contributed by atoms with Crippen LogP contribution in [0.25, 0.3) is 10.6 Å².